The molecule has 0 fully saturated rings. The summed E-state index contributed by atoms with van der Waals surface area (Å²) in [5.74, 6) is 0.559. The van der Waals surface area contributed by atoms with Crippen LogP contribution in [0.15, 0.2) is 4.99 Å². The number of aliphatic hydroxyl groups excluding tert-OH is 1. The fourth-order valence-electron chi connectivity index (χ4n) is 0.858. The van der Waals surface area contributed by atoms with Crippen molar-refractivity contribution in [2.75, 3.05) is 5.32 Å². The van der Waals surface area contributed by atoms with Crippen molar-refractivity contribution < 1.29 is 5.11 Å². The van der Waals surface area contributed by atoms with Crippen LogP contribution in [0.5, 0.6) is 0 Å². The van der Waals surface area contributed by atoms with Crippen molar-refractivity contribution in [2.45, 2.75) is 6.23 Å². The van der Waals surface area contributed by atoms with Gasteiger partial charge >= 0.3 is 0 Å². The zero-order valence-electron chi connectivity index (χ0n) is 5.44. The third kappa shape index (κ3) is 0.819. The van der Waals surface area contributed by atoms with E-state index >= 15 is 0 Å². The van der Waals surface area contributed by atoms with Crippen LogP contribution in [0.1, 0.15) is 11.9 Å². The first-order valence-corrected chi connectivity index (χ1v) is 2.96. The van der Waals surface area contributed by atoms with Gasteiger partial charge in [-0.2, -0.15) is 10.3 Å². The molecule has 0 aliphatic carbocycles. The Balaban J connectivity index is 2.45. The molecule has 7 heteroatoms. The van der Waals surface area contributed by atoms with Crippen LogP contribution in [-0.2, 0) is 0 Å². The van der Waals surface area contributed by atoms with E-state index < -0.39 is 6.23 Å². The summed E-state index contributed by atoms with van der Waals surface area (Å²) in [5, 5.41) is 21.5. The molecule has 0 aromatic carbocycles. The summed E-state index contributed by atoms with van der Waals surface area (Å²) in [5.41, 5.74) is 5.66. The van der Waals surface area contributed by atoms with Gasteiger partial charge < -0.3 is 16.2 Å². The first-order chi connectivity index (χ1) is 5.27. The lowest BCUT2D eigenvalue weighted by Gasteiger charge is -2.12. The lowest BCUT2D eigenvalue weighted by molar-refractivity contribution is 0.183. The number of H-pyrrole nitrogens is 1. The second kappa shape index (κ2) is 1.92. The van der Waals surface area contributed by atoms with E-state index in [2.05, 4.69) is 25.7 Å². The maximum Gasteiger partial charge on any atom is 0.197 e. The standard InChI is InChI=1S/C4H6N6O/c5-4-6-2-1(3(11)7-4)8-10-9-2/h3,11H,(H4,5,6,7,8,9,10). The first kappa shape index (κ1) is 6.10. The molecule has 0 saturated heterocycles. The van der Waals surface area contributed by atoms with Crippen molar-refractivity contribution in [3.63, 3.8) is 0 Å². The summed E-state index contributed by atoms with van der Waals surface area (Å²) in [4.78, 5) is 3.61. The van der Waals surface area contributed by atoms with Gasteiger partial charge in [0.2, 0.25) is 0 Å². The van der Waals surface area contributed by atoms with Gasteiger partial charge in [-0.05, 0) is 0 Å². The highest BCUT2D eigenvalue weighted by molar-refractivity contribution is 5.93. The Morgan fingerprint density at radius 1 is 1.45 bits per heavy atom. The molecule has 1 aliphatic heterocycles. The average Bonchev–Trinajstić information content (AvgIpc) is 2.34. The van der Waals surface area contributed by atoms with Crippen LogP contribution >= 0.6 is 0 Å². The van der Waals surface area contributed by atoms with E-state index in [1.165, 1.54) is 0 Å². The van der Waals surface area contributed by atoms with E-state index in [0.29, 0.717) is 11.5 Å². The van der Waals surface area contributed by atoms with Crippen LogP contribution in [0.2, 0.25) is 0 Å². The highest BCUT2D eigenvalue weighted by Gasteiger charge is 2.21. The number of nitrogens with zero attached hydrogens (tertiary/aromatic N) is 3. The van der Waals surface area contributed by atoms with E-state index in [0.717, 1.165) is 0 Å². The number of guanidine groups is 1. The molecule has 7 nitrogen and oxygen atoms in total. The Morgan fingerprint density at radius 3 is 3.09 bits per heavy atom. The number of fused-ring (bicyclic) bond motifs is 1. The van der Waals surface area contributed by atoms with E-state index in [1.807, 2.05) is 0 Å². The summed E-state index contributed by atoms with van der Waals surface area (Å²) >= 11 is 0. The van der Waals surface area contributed by atoms with Crippen LogP contribution in [-0.4, -0.2) is 26.5 Å². The van der Waals surface area contributed by atoms with Gasteiger partial charge in [0.25, 0.3) is 0 Å². The maximum absolute atomic E-state index is 9.19. The van der Waals surface area contributed by atoms with Gasteiger partial charge in [-0.25, -0.2) is 4.99 Å². The van der Waals surface area contributed by atoms with Gasteiger partial charge in [0, 0.05) is 0 Å². The molecule has 1 atom stereocenters. The number of aromatic nitrogens is 3. The van der Waals surface area contributed by atoms with Crippen LogP contribution in [0.3, 0.4) is 0 Å². The third-order valence-corrected chi connectivity index (χ3v) is 1.33. The quantitative estimate of drug-likeness (QED) is 0.364. The van der Waals surface area contributed by atoms with Crippen molar-refractivity contribution in [2.24, 2.45) is 10.7 Å². The van der Waals surface area contributed by atoms with E-state index in [4.69, 9.17) is 5.73 Å². The van der Waals surface area contributed by atoms with Crippen LogP contribution in [0.4, 0.5) is 5.82 Å². The number of aliphatic hydroxyl groups is 1. The molecule has 1 aromatic rings. The molecular formula is C4H6N6O. The zero-order valence-corrected chi connectivity index (χ0v) is 5.44. The molecule has 2 rings (SSSR count). The van der Waals surface area contributed by atoms with Crippen molar-refractivity contribution in [3.05, 3.63) is 5.69 Å². The molecule has 58 valence electrons. The predicted octanol–water partition coefficient (Wildman–Crippen LogP) is -1.46. The Labute approximate surface area is 61.3 Å². The monoisotopic (exact) mass is 154 g/mol. The lowest BCUT2D eigenvalue weighted by Crippen LogP contribution is -2.27. The van der Waals surface area contributed by atoms with E-state index in [1.54, 1.807) is 0 Å². The van der Waals surface area contributed by atoms with E-state index in [-0.39, 0.29) is 5.96 Å². The van der Waals surface area contributed by atoms with Crippen LogP contribution in [0, 0.1) is 0 Å². The van der Waals surface area contributed by atoms with Gasteiger partial charge in [-0.15, -0.1) is 5.10 Å². The summed E-state index contributed by atoms with van der Waals surface area (Å²) in [7, 11) is 0. The van der Waals surface area contributed by atoms with Crippen molar-refractivity contribution in [3.8, 4) is 0 Å². The number of aliphatic imine (C=N–C) groups is 1. The normalized spacial score (nSPS) is 21.9. The van der Waals surface area contributed by atoms with Gasteiger partial charge in [0.1, 0.15) is 0 Å². The fourth-order valence-corrected chi connectivity index (χ4v) is 0.858. The summed E-state index contributed by atoms with van der Waals surface area (Å²) in [6.07, 6.45) is -1.01. The Morgan fingerprint density at radius 2 is 2.27 bits per heavy atom. The highest BCUT2D eigenvalue weighted by Crippen LogP contribution is 2.21. The highest BCUT2D eigenvalue weighted by atomic mass is 16.3. The van der Waals surface area contributed by atoms with E-state index in [9.17, 15) is 5.11 Å². The second-order valence-corrected chi connectivity index (χ2v) is 2.07. The lowest BCUT2D eigenvalue weighted by atomic mass is 10.3. The van der Waals surface area contributed by atoms with Gasteiger partial charge in [-0.1, -0.05) is 0 Å². The molecule has 0 radical (unpaired) electrons. The van der Waals surface area contributed by atoms with Gasteiger partial charge in [0.05, 0.1) is 0 Å². The summed E-state index contributed by atoms with van der Waals surface area (Å²) in [6.45, 7) is 0. The molecule has 0 bridgehead atoms. The average molecular weight is 154 g/mol. The molecule has 1 aromatic heterocycles. The molecule has 11 heavy (non-hydrogen) atoms. The Kier molecular flexibility index (Phi) is 1.07. The zero-order chi connectivity index (χ0) is 7.84. The molecule has 5 N–H and O–H groups in total. The molecule has 1 aliphatic rings. The number of aromatic amines is 1. The fraction of sp³-hybridized carbons (Fsp3) is 0.250. The number of hydrogen-bond acceptors (Lipinski definition) is 6. The third-order valence-electron chi connectivity index (χ3n) is 1.33. The summed E-state index contributed by atoms with van der Waals surface area (Å²) < 4.78 is 0. The van der Waals surface area contributed by atoms with Gasteiger partial charge in [0.15, 0.2) is 23.7 Å². The molecule has 0 amide bonds. The van der Waals surface area contributed by atoms with Crippen molar-refractivity contribution in [1.29, 1.82) is 0 Å². The summed E-state index contributed by atoms with van der Waals surface area (Å²) in [6, 6.07) is 0. The molecule has 2 heterocycles. The SMILES string of the molecule is NC1=NC(O)c2n[nH]nc2N1. The Hall–Kier alpha value is -1.63. The van der Waals surface area contributed by atoms with Crippen molar-refractivity contribution >= 4 is 11.8 Å². The topological polar surface area (TPSA) is 112 Å². The smallest absolute Gasteiger partial charge is 0.197 e. The number of anilines is 1. The molecule has 0 saturated carbocycles. The number of nitrogens with one attached hydrogen (secondary N) is 2. The number of nitrogens with two attached hydrogens (primary N) is 1. The minimum absolute atomic E-state index is 0.138. The largest absolute Gasteiger partial charge is 0.370 e. The van der Waals surface area contributed by atoms with Gasteiger partial charge in [-0.3, -0.25) is 0 Å². The maximum atomic E-state index is 9.19. The van der Waals surface area contributed by atoms with Crippen LogP contribution < -0.4 is 11.1 Å². The van der Waals surface area contributed by atoms with Crippen LogP contribution in [0.25, 0.3) is 0 Å². The molecular weight excluding hydrogens is 148 g/mol. The predicted molar refractivity (Wildman–Crippen MR) is 36.6 cm³/mol. The Bertz CT molecular complexity index is 303. The first-order valence-electron chi connectivity index (χ1n) is 2.96. The molecule has 0 spiro atoms. The minimum atomic E-state index is -1.01. The molecule has 1 unspecified atom stereocenters. The van der Waals surface area contributed by atoms with Crippen molar-refractivity contribution in [1.82, 2.24) is 15.4 Å². The second-order valence-electron chi connectivity index (χ2n) is 2.07. The number of hydrogen-bond donors (Lipinski definition) is 4. The number of rotatable bonds is 0. The minimum Gasteiger partial charge on any atom is -0.370 e.